The van der Waals surface area contributed by atoms with Crippen LogP contribution in [0.4, 0.5) is 0 Å². The van der Waals surface area contributed by atoms with Gasteiger partial charge >= 0.3 is 11.9 Å². The number of piperidine rings is 1. The van der Waals surface area contributed by atoms with Gasteiger partial charge in [0.15, 0.2) is 5.79 Å². The molecule has 0 radical (unpaired) electrons. The van der Waals surface area contributed by atoms with E-state index in [0.29, 0.717) is 39.1 Å². The van der Waals surface area contributed by atoms with Crippen molar-refractivity contribution in [2.45, 2.75) is 200 Å². The standard InChI is InChI=1S/C37H69NO6/c1-8-12-13-14-15-16-17-18-19-20-21-22-23-24-25-26-33(40)41-29-36(11-4)30-42-37(43-31-36)27-34(6,9-2)38(44-32(5)39)35(7,10-3)28-37/h8-31H2,1-7H3. The first-order valence-corrected chi connectivity index (χ1v) is 18.4. The van der Waals surface area contributed by atoms with Crippen molar-refractivity contribution in [3.05, 3.63) is 0 Å². The van der Waals surface area contributed by atoms with Crippen LogP contribution in [0.5, 0.6) is 0 Å². The molecule has 0 aromatic rings. The maximum atomic E-state index is 12.6. The Bertz CT molecular complexity index is 803. The molecule has 2 aliphatic rings. The maximum absolute atomic E-state index is 12.6. The molecule has 7 heteroatoms. The summed E-state index contributed by atoms with van der Waals surface area (Å²) in [6, 6.07) is 0. The highest BCUT2D eigenvalue weighted by Gasteiger charge is 2.60. The normalized spacial score (nSPS) is 29.2. The summed E-state index contributed by atoms with van der Waals surface area (Å²) in [7, 11) is 0. The number of esters is 1. The number of hydrogen-bond acceptors (Lipinski definition) is 7. The van der Waals surface area contributed by atoms with E-state index in [1.54, 1.807) is 0 Å². The molecule has 0 saturated carbocycles. The zero-order chi connectivity index (χ0) is 32.5. The summed E-state index contributed by atoms with van der Waals surface area (Å²) >= 11 is 0. The van der Waals surface area contributed by atoms with Gasteiger partial charge in [-0.2, -0.15) is 0 Å². The first kappa shape index (κ1) is 39.0. The Morgan fingerprint density at radius 1 is 0.659 bits per heavy atom. The summed E-state index contributed by atoms with van der Waals surface area (Å²) in [6.07, 6.45) is 23.8. The van der Waals surface area contributed by atoms with Gasteiger partial charge in [0, 0.05) is 26.2 Å². The van der Waals surface area contributed by atoms with Crippen molar-refractivity contribution in [1.82, 2.24) is 5.06 Å². The number of nitrogens with zero attached hydrogens (tertiary/aromatic N) is 1. The third kappa shape index (κ3) is 12.2. The topological polar surface area (TPSA) is 74.3 Å². The third-order valence-electron chi connectivity index (χ3n) is 10.6. The van der Waals surface area contributed by atoms with Crippen LogP contribution in [0.25, 0.3) is 0 Å². The SMILES string of the molecule is CCCCCCCCCCCCCCCCCC(=O)OCC1(CC)COC2(CC(C)(CC)N(OC(C)=O)C(C)(CC)C2)OC1. The fourth-order valence-corrected chi connectivity index (χ4v) is 7.10. The largest absolute Gasteiger partial charge is 0.465 e. The minimum Gasteiger partial charge on any atom is -0.465 e. The smallest absolute Gasteiger partial charge is 0.322 e. The van der Waals surface area contributed by atoms with E-state index in [0.717, 1.165) is 32.1 Å². The average molecular weight is 624 g/mol. The minimum absolute atomic E-state index is 0.111. The number of hydroxylamine groups is 2. The molecule has 258 valence electrons. The molecule has 0 N–H and O–H groups in total. The predicted molar refractivity (Wildman–Crippen MR) is 178 cm³/mol. The van der Waals surface area contributed by atoms with Gasteiger partial charge in [-0.15, -0.1) is 5.06 Å². The minimum atomic E-state index is -0.747. The van der Waals surface area contributed by atoms with Crippen LogP contribution >= 0.6 is 0 Å². The van der Waals surface area contributed by atoms with Gasteiger partial charge in [0.05, 0.1) is 29.7 Å². The van der Waals surface area contributed by atoms with Gasteiger partial charge in [0.2, 0.25) is 0 Å². The lowest BCUT2D eigenvalue weighted by Gasteiger charge is -2.60. The average Bonchev–Trinajstić information content (AvgIpc) is 3.01. The van der Waals surface area contributed by atoms with Crippen LogP contribution < -0.4 is 0 Å². The highest BCUT2D eigenvalue weighted by Crippen LogP contribution is 2.51. The Kier molecular flexibility index (Phi) is 17.3. The molecule has 0 amide bonds. The summed E-state index contributed by atoms with van der Waals surface area (Å²) in [6.45, 7) is 15.6. The Labute approximate surface area is 270 Å². The fraction of sp³-hybridized carbons (Fsp3) is 0.946. The van der Waals surface area contributed by atoms with Crippen LogP contribution in [0.1, 0.15) is 183 Å². The molecule has 1 spiro atoms. The molecule has 7 nitrogen and oxygen atoms in total. The van der Waals surface area contributed by atoms with Crippen LogP contribution in [0.15, 0.2) is 0 Å². The van der Waals surface area contributed by atoms with Gasteiger partial charge in [0.25, 0.3) is 0 Å². The summed E-state index contributed by atoms with van der Waals surface area (Å²) in [5.74, 6) is -1.16. The molecule has 2 atom stereocenters. The predicted octanol–water partition coefficient (Wildman–Crippen LogP) is 9.84. The van der Waals surface area contributed by atoms with Crippen LogP contribution in [0.3, 0.4) is 0 Å². The second kappa shape index (κ2) is 19.5. The van der Waals surface area contributed by atoms with Gasteiger partial charge in [-0.25, -0.2) is 0 Å². The van der Waals surface area contributed by atoms with Crippen molar-refractivity contribution in [2.75, 3.05) is 19.8 Å². The number of ether oxygens (including phenoxy) is 3. The van der Waals surface area contributed by atoms with Crippen molar-refractivity contribution in [2.24, 2.45) is 5.41 Å². The van der Waals surface area contributed by atoms with Crippen molar-refractivity contribution < 1.29 is 28.6 Å². The van der Waals surface area contributed by atoms with E-state index in [2.05, 4.69) is 41.5 Å². The number of carbonyl (C=O) groups is 2. The number of rotatable bonds is 22. The molecule has 2 fully saturated rings. The maximum Gasteiger partial charge on any atom is 0.322 e. The van der Waals surface area contributed by atoms with E-state index >= 15 is 0 Å². The second-order valence-electron chi connectivity index (χ2n) is 14.6. The molecule has 2 unspecified atom stereocenters. The monoisotopic (exact) mass is 624 g/mol. The van der Waals surface area contributed by atoms with Crippen LogP contribution in [-0.2, 0) is 28.6 Å². The van der Waals surface area contributed by atoms with E-state index in [9.17, 15) is 9.59 Å². The zero-order valence-corrected chi connectivity index (χ0v) is 29.9. The van der Waals surface area contributed by atoms with E-state index in [4.69, 9.17) is 19.0 Å². The molecule has 0 aromatic heterocycles. The molecule has 44 heavy (non-hydrogen) atoms. The zero-order valence-electron chi connectivity index (χ0n) is 29.9. The Morgan fingerprint density at radius 2 is 1.09 bits per heavy atom. The van der Waals surface area contributed by atoms with Crippen molar-refractivity contribution in [3.63, 3.8) is 0 Å². The van der Waals surface area contributed by atoms with E-state index in [1.165, 1.54) is 90.4 Å². The first-order valence-electron chi connectivity index (χ1n) is 18.4. The lowest BCUT2D eigenvalue weighted by Crippen LogP contribution is -2.70. The Balaban J connectivity index is 1.66. The highest BCUT2D eigenvalue weighted by atomic mass is 16.7. The summed E-state index contributed by atoms with van der Waals surface area (Å²) in [5.41, 5.74) is -1.17. The van der Waals surface area contributed by atoms with Crippen molar-refractivity contribution in [3.8, 4) is 0 Å². The van der Waals surface area contributed by atoms with E-state index in [1.807, 2.05) is 5.06 Å². The van der Waals surface area contributed by atoms with Gasteiger partial charge in [-0.3, -0.25) is 9.59 Å². The number of unbranched alkanes of at least 4 members (excludes halogenated alkanes) is 14. The summed E-state index contributed by atoms with van der Waals surface area (Å²) < 4.78 is 19.0. The lowest BCUT2D eigenvalue weighted by molar-refractivity contribution is -0.380. The number of hydrogen-bond donors (Lipinski definition) is 0. The molecular formula is C37H69NO6. The van der Waals surface area contributed by atoms with E-state index < -0.39 is 16.9 Å². The lowest BCUT2D eigenvalue weighted by atomic mass is 9.73. The highest BCUT2D eigenvalue weighted by molar-refractivity contribution is 5.69. The van der Waals surface area contributed by atoms with Gasteiger partial charge in [-0.05, 0) is 39.5 Å². The Hall–Kier alpha value is -1.18. The van der Waals surface area contributed by atoms with Crippen LogP contribution in [0, 0.1) is 5.41 Å². The van der Waals surface area contributed by atoms with Gasteiger partial charge in [-0.1, -0.05) is 118 Å². The fourth-order valence-electron chi connectivity index (χ4n) is 7.10. The van der Waals surface area contributed by atoms with E-state index in [-0.39, 0.29) is 17.4 Å². The first-order chi connectivity index (χ1) is 21.0. The summed E-state index contributed by atoms with van der Waals surface area (Å²) in [5, 5.41) is 1.90. The molecule has 2 heterocycles. The molecular weight excluding hydrogens is 554 g/mol. The van der Waals surface area contributed by atoms with Gasteiger partial charge in [0.1, 0.15) is 6.61 Å². The van der Waals surface area contributed by atoms with Crippen molar-refractivity contribution >= 4 is 11.9 Å². The van der Waals surface area contributed by atoms with Crippen LogP contribution in [-0.4, -0.2) is 53.7 Å². The Morgan fingerprint density at radius 3 is 1.48 bits per heavy atom. The molecule has 2 aliphatic heterocycles. The molecule has 2 saturated heterocycles. The second-order valence-corrected chi connectivity index (χ2v) is 14.6. The molecule has 0 bridgehead atoms. The molecule has 0 aromatic carbocycles. The molecule has 2 rings (SSSR count). The molecule has 0 aliphatic carbocycles. The number of carbonyl (C=O) groups excluding carboxylic acids is 2. The van der Waals surface area contributed by atoms with Crippen molar-refractivity contribution in [1.29, 1.82) is 0 Å². The van der Waals surface area contributed by atoms with Crippen LogP contribution in [0.2, 0.25) is 0 Å². The van der Waals surface area contributed by atoms with Gasteiger partial charge < -0.3 is 19.0 Å². The quantitative estimate of drug-likeness (QED) is 0.0877. The third-order valence-corrected chi connectivity index (χ3v) is 10.6. The summed E-state index contributed by atoms with van der Waals surface area (Å²) in [4.78, 5) is 30.3.